The summed E-state index contributed by atoms with van der Waals surface area (Å²) < 4.78 is 29.8. The molecule has 1 atom stereocenters. The van der Waals surface area contributed by atoms with Gasteiger partial charge in [0.05, 0.1) is 22.1 Å². The third kappa shape index (κ3) is 1.90. The molecule has 0 amide bonds. The molecule has 26 heavy (non-hydrogen) atoms. The molecule has 2 aliphatic rings. The molecule has 5 rings (SSSR count). The summed E-state index contributed by atoms with van der Waals surface area (Å²) in [5.41, 5.74) is 4.49. The average Bonchev–Trinajstić information content (AvgIpc) is 2.97. The number of aryl methyl sites for hydroxylation is 2. The Hall–Kier alpha value is -2.60. The van der Waals surface area contributed by atoms with Crippen molar-refractivity contribution in [3.8, 4) is 0 Å². The van der Waals surface area contributed by atoms with Crippen LogP contribution in [0.4, 0.5) is 5.69 Å². The van der Waals surface area contributed by atoms with Crippen molar-refractivity contribution in [2.24, 2.45) is 7.05 Å². The van der Waals surface area contributed by atoms with Crippen molar-refractivity contribution in [3.05, 3.63) is 69.5 Å². The Morgan fingerprint density at radius 1 is 1.04 bits per heavy atom. The van der Waals surface area contributed by atoms with Gasteiger partial charge in [0.2, 0.25) is 0 Å². The van der Waals surface area contributed by atoms with Crippen LogP contribution in [0.1, 0.15) is 16.7 Å². The van der Waals surface area contributed by atoms with Crippen LogP contribution in [0.25, 0.3) is 10.9 Å². The smallest absolute Gasteiger partial charge is 0.264 e. The van der Waals surface area contributed by atoms with Gasteiger partial charge in [-0.25, -0.2) is 8.42 Å². The summed E-state index contributed by atoms with van der Waals surface area (Å²) in [7, 11) is -1.83. The second-order valence-electron chi connectivity index (χ2n) is 7.20. The van der Waals surface area contributed by atoms with E-state index in [1.54, 1.807) is 28.1 Å². The number of aromatic nitrogens is 1. The summed E-state index contributed by atoms with van der Waals surface area (Å²) in [5, 5.41) is 0.953. The van der Waals surface area contributed by atoms with Gasteiger partial charge in [-0.05, 0) is 55.2 Å². The summed E-state index contributed by atoms with van der Waals surface area (Å²) >= 11 is 0. The molecule has 0 radical (unpaired) electrons. The van der Waals surface area contributed by atoms with Crippen LogP contribution < -0.4 is 9.86 Å². The number of benzene rings is 2. The van der Waals surface area contributed by atoms with E-state index in [4.69, 9.17) is 0 Å². The third-order valence-corrected chi connectivity index (χ3v) is 7.58. The third-order valence-electron chi connectivity index (χ3n) is 5.61. The largest absolute Gasteiger partial charge is 0.311 e. The van der Waals surface area contributed by atoms with E-state index in [0.29, 0.717) is 17.7 Å². The fourth-order valence-corrected chi connectivity index (χ4v) is 6.30. The minimum Gasteiger partial charge on any atom is -0.311 e. The Kier molecular flexibility index (Phi) is 2.99. The van der Waals surface area contributed by atoms with Crippen LogP contribution in [0.3, 0.4) is 0 Å². The van der Waals surface area contributed by atoms with Gasteiger partial charge in [-0.1, -0.05) is 17.7 Å². The topological polar surface area (TPSA) is 59.4 Å². The minimum absolute atomic E-state index is 0.0660. The number of fused-ring (bicyclic) bond motifs is 6. The van der Waals surface area contributed by atoms with Gasteiger partial charge in [0, 0.05) is 18.5 Å². The lowest BCUT2D eigenvalue weighted by molar-refractivity contribution is 0.564. The first-order valence-corrected chi connectivity index (χ1v) is 10.1. The Bertz CT molecular complexity index is 1260. The summed E-state index contributed by atoms with van der Waals surface area (Å²) in [6, 6.07) is 12.5. The van der Waals surface area contributed by atoms with Gasteiger partial charge in [-0.15, -0.1) is 0 Å². The molecule has 3 heterocycles. The van der Waals surface area contributed by atoms with Crippen molar-refractivity contribution < 1.29 is 8.42 Å². The lowest BCUT2D eigenvalue weighted by atomic mass is 9.99. The van der Waals surface area contributed by atoms with E-state index in [2.05, 4.69) is 0 Å². The Morgan fingerprint density at radius 2 is 1.85 bits per heavy atom. The molecule has 2 aliphatic heterocycles. The van der Waals surface area contributed by atoms with Gasteiger partial charge in [0.1, 0.15) is 0 Å². The molecule has 0 bridgehead atoms. The van der Waals surface area contributed by atoms with Gasteiger partial charge in [-0.3, -0.25) is 9.10 Å². The molecule has 0 aliphatic carbocycles. The predicted molar refractivity (Wildman–Crippen MR) is 101 cm³/mol. The van der Waals surface area contributed by atoms with Crippen molar-refractivity contribution in [2.75, 3.05) is 4.31 Å². The van der Waals surface area contributed by atoms with Crippen LogP contribution >= 0.6 is 0 Å². The van der Waals surface area contributed by atoms with Crippen molar-refractivity contribution in [1.82, 2.24) is 4.57 Å². The highest BCUT2D eigenvalue weighted by Crippen LogP contribution is 2.44. The lowest BCUT2D eigenvalue weighted by Gasteiger charge is -2.33. The fourth-order valence-electron chi connectivity index (χ4n) is 4.40. The van der Waals surface area contributed by atoms with E-state index >= 15 is 0 Å². The fraction of sp³-hybridized carbons (Fsp3) is 0.250. The van der Waals surface area contributed by atoms with Gasteiger partial charge in [0.25, 0.3) is 15.6 Å². The summed E-state index contributed by atoms with van der Waals surface area (Å²) in [5.74, 6) is 0. The SMILES string of the molecule is Cc1ccc2c(c1)CC1Cc3c(ccc4c3ccc(=O)n4C)N1S2(=O)=O. The molecule has 2 aromatic carbocycles. The summed E-state index contributed by atoms with van der Waals surface area (Å²) in [6.07, 6.45) is 1.37. The van der Waals surface area contributed by atoms with Crippen molar-refractivity contribution >= 4 is 26.6 Å². The molecule has 132 valence electrons. The lowest BCUT2D eigenvalue weighted by Crippen LogP contribution is -2.43. The zero-order chi connectivity index (χ0) is 18.2. The second kappa shape index (κ2) is 4.98. The summed E-state index contributed by atoms with van der Waals surface area (Å²) in [4.78, 5) is 12.3. The molecule has 0 N–H and O–H groups in total. The van der Waals surface area contributed by atoms with Crippen molar-refractivity contribution in [1.29, 1.82) is 0 Å². The van der Waals surface area contributed by atoms with Gasteiger partial charge in [-0.2, -0.15) is 0 Å². The van der Waals surface area contributed by atoms with Crippen molar-refractivity contribution in [2.45, 2.75) is 30.7 Å². The first-order chi connectivity index (χ1) is 12.4. The predicted octanol–water partition coefficient (Wildman–Crippen LogP) is 2.52. The highest BCUT2D eigenvalue weighted by molar-refractivity contribution is 7.93. The molecule has 1 aromatic heterocycles. The number of rotatable bonds is 0. The average molecular weight is 366 g/mol. The first-order valence-electron chi connectivity index (χ1n) is 8.63. The standard InChI is InChI=1S/C20H18N2O3S/c1-12-3-7-19-13(9-12)10-14-11-16-15-4-8-20(23)21(2)17(15)5-6-18(16)22(14)26(19,24)25/h3-9,14H,10-11H2,1-2H3. The van der Waals surface area contributed by atoms with Gasteiger partial charge in [0.15, 0.2) is 0 Å². The highest BCUT2D eigenvalue weighted by atomic mass is 32.2. The Labute approximate surface area is 151 Å². The van der Waals surface area contributed by atoms with E-state index in [-0.39, 0.29) is 11.6 Å². The molecule has 0 saturated heterocycles. The van der Waals surface area contributed by atoms with Crippen molar-refractivity contribution in [3.63, 3.8) is 0 Å². The molecule has 0 fully saturated rings. The first kappa shape index (κ1) is 15.6. The zero-order valence-electron chi connectivity index (χ0n) is 14.6. The maximum atomic E-state index is 13.3. The molecular formula is C20H18N2O3S. The normalized spacial score (nSPS) is 19.9. The van der Waals surface area contributed by atoms with Crippen LogP contribution in [0.5, 0.6) is 0 Å². The van der Waals surface area contributed by atoms with Gasteiger partial charge < -0.3 is 4.57 Å². The van der Waals surface area contributed by atoms with Gasteiger partial charge >= 0.3 is 0 Å². The maximum Gasteiger partial charge on any atom is 0.264 e. The van der Waals surface area contributed by atoms with Crippen LogP contribution in [0.2, 0.25) is 0 Å². The molecular weight excluding hydrogens is 348 g/mol. The molecule has 5 nitrogen and oxygen atoms in total. The van der Waals surface area contributed by atoms with Crippen LogP contribution in [0.15, 0.2) is 52.2 Å². The number of nitrogens with zero attached hydrogens (tertiary/aromatic N) is 2. The second-order valence-corrected chi connectivity index (χ2v) is 8.98. The molecule has 1 unspecified atom stereocenters. The molecule has 0 spiro atoms. The minimum atomic E-state index is -3.57. The summed E-state index contributed by atoms with van der Waals surface area (Å²) in [6.45, 7) is 1.98. The van der Waals surface area contributed by atoms with E-state index in [1.807, 2.05) is 37.3 Å². The number of sulfonamides is 1. The van der Waals surface area contributed by atoms with E-state index in [0.717, 1.165) is 33.3 Å². The quantitative estimate of drug-likeness (QED) is 0.614. The highest BCUT2D eigenvalue weighted by Gasteiger charge is 2.43. The molecule has 6 heteroatoms. The van der Waals surface area contributed by atoms with E-state index < -0.39 is 10.0 Å². The monoisotopic (exact) mass is 366 g/mol. The maximum absolute atomic E-state index is 13.3. The molecule has 0 saturated carbocycles. The number of pyridine rings is 1. The van der Waals surface area contributed by atoms with E-state index in [9.17, 15) is 13.2 Å². The van der Waals surface area contributed by atoms with Crippen LogP contribution in [-0.4, -0.2) is 19.0 Å². The number of hydrogen-bond donors (Lipinski definition) is 0. The zero-order valence-corrected chi connectivity index (χ0v) is 15.4. The number of hydrogen-bond acceptors (Lipinski definition) is 3. The Balaban J connectivity index is 1.77. The molecule has 3 aromatic rings. The van der Waals surface area contributed by atoms with Crippen LogP contribution in [-0.2, 0) is 29.9 Å². The Morgan fingerprint density at radius 3 is 2.65 bits per heavy atom. The number of anilines is 1. The van der Waals surface area contributed by atoms with Crippen LogP contribution in [0, 0.1) is 6.92 Å². The van der Waals surface area contributed by atoms with E-state index in [1.165, 1.54) is 0 Å².